The summed E-state index contributed by atoms with van der Waals surface area (Å²) >= 11 is 0. The van der Waals surface area contributed by atoms with Crippen LogP contribution in [-0.2, 0) is 28.4 Å². The second-order valence-corrected chi connectivity index (χ2v) is 9.74. The van der Waals surface area contributed by atoms with Gasteiger partial charge in [-0.3, -0.25) is 0 Å². The molecule has 1 unspecified atom stereocenters. The van der Waals surface area contributed by atoms with Gasteiger partial charge in [0.15, 0.2) is 5.25 Å². The van der Waals surface area contributed by atoms with Gasteiger partial charge in [0.05, 0.1) is 25.4 Å². The van der Waals surface area contributed by atoms with E-state index in [2.05, 4.69) is 0 Å². The Morgan fingerprint density at radius 1 is 1.06 bits per heavy atom. The molecule has 1 fully saturated rings. The Bertz CT molecular complexity index is 701. The fourth-order valence-corrected chi connectivity index (χ4v) is 6.16. The molecule has 1 heterocycles. The lowest BCUT2D eigenvalue weighted by molar-refractivity contribution is -0.148. The molecule has 7 N–H and O–H groups in total. The molecule has 1 aromatic rings. The lowest BCUT2D eigenvalue weighted by Crippen LogP contribution is -3.00. The van der Waals surface area contributed by atoms with Crippen LogP contribution < -0.4 is 12.4 Å². The molecule has 1 saturated heterocycles. The third-order valence-corrected chi connectivity index (χ3v) is 8.03. The van der Waals surface area contributed by atoms with Gasteiger partial charge in [0.1, 0.15) is 48.1 Å². The van der Waals surface area contributed by atoms with Gasteiger partial charge < -0.3 is 52.9 Å². The maximum atomic E-state index is 13.2. The van der Waals surface area contributed by atoms with Gasteiger partial charge in [0.2, 0.25) is 0 Å². The monoisotopic (exact) mass is 508 g/mol. The summed E-state index contributed by atoms with van der Waals surface area (Å²) in [4.78, 5) is 0. The lowest BCUT2D eigenvalue weighted by Gasteiger charge is -2.30. The van der Waals surface area contributed by atoms with Crippen LogP contribution in [-0.4, -0.2) is 102 Å². The molecule has 0 saturated carbocycles. The van der Waals surface area contributed by atoms with E-state index in [9.17, 15) is 43.8 Å². The first-order valence-corrected chi connectivity index (χ1v) is 11.2. The highest BCUT2D eigenvalue weighted by Crippen LogP contribution is 2.33. The summed E-state index contributed by atoms with van der Waals surface area (Å²) < 4.78 is 45.0. The summed E-state index contributed by atoms with van der Waals surface area (Å²) in [6.45, 7) is -1.98. The zero-order chi connectivity index (χ0) is 23.3. The molecule has 1 aliphatic heterocycles. The predicted molar refractivity (Wildman–Crippen MR) is 105 cm³/mol. The average Bonchev–Trinajstić information content (AvgIpc) is 2.99. The molecule has 0 radical (unpaired) electrons. The number of benzene rings is 1. The second-order valence-electron chi connectivity index (χ2n) is 7.39. The van der Waals surface area contributed by atoms with Crippen molar-refractivity contribution in [2.75, 3.05) is 24.7 Å². The van der Waals surface area contributed by atoms with E-state index in [1.165, 1.54) is 18.2 Å². The summed E-state index contributed by atoms with van der Waals surface area (Å²) in [6, 6.07) is 4.61. The van der Waals surface area contributed by atoms with Crippen LogP contribution in [0.3, 0.4) is 0 Å². The van der Waals surface area contributed by atoms with Gasteiger partial charge in [-0.15, -0.1) is 0 Å². The normalized spacial score (nSPS) is 27.4. The van der Waals surface area contributed by atoms with Crippen molar-refractivity contribution in [3.63, 3.8) is 0 Å². The minimum atomic E-state index is -4.65. The van der Waals surface area contributed by atoms with E-state index in [-0.39, 0.29) is 29.5 Å². The maximum Gasteiger partial charge on any atom is 0.416 e. The number of hydrogen-bond donors (Lipinski definition) is 7. The van der Waals surface area contributed by atoms with Gasteiger partial charge >= 0.3 is 6.18 Å². The van der Waals surface area contributed by atoms with Crippen LogP contribution in [0, 0.1) is 0 Å². The minimum Gasteiger partial charge on any atom is -1.00 e. The topological polar surface area (TPSA) is 151 Å². The van der Waals surface area contributed by atoms with E-state index in [1.54, 1.807) is 0 Å². The largest absolute Gasteiger partial charge is 1.00 e. The fraction of sp³-hybridized carbons (Fsp3) is 0.684. The lowest BCUT2D eigenvalue weighted by atomic mass is 10.0. The molecular weight excluding hydrogens is 481 g/mol. The van der Waals surface area contributed by atoms with Gasteiger partial charge in [-0.25, -0.2) is 0 Å². The first kappa shape index (κ1) is 29.4. The number of aliphatic hydroxyl groups is 7. The van der Waals surface area contributed by atoms with Crippen LogP contribution in [0.1, 0.15) is 11.1 Å². The van der Waals surface area contributed by atoms with Gasteiger partial charge in [-0.05, 0) is 11.6 Å². The molecule has 1 aromatic carbocycles. The van der Waals surface area contributed by atoms with E-state index in [0.717, 1.165) is 6.07 Å². The van der Waals surface area contributed by atoms with Crippen molar-refractivity contribution in [3.8, 4) is 0 Å². The van der Waals surface area contributed by atoms with Gasteiger partial charge in [-0.2, -0.15) is 13.2 Å². The predicted octanol–water partition coefficient (Wildman–Crippen LogP) is -4.62. The van der Waals surface area contributed by atoms with E-state index >= 15 is 0 Å². The summed E-state index contributed by atoms with van der Waals surface area (Å²) in [7, 11) is -0.889. The highest BCUT2D eigenvalue weighted by atomic mass is 35.5. The first-order valence-electron chi connectivity index (χ1n) is 9.56. The van der Waals surface area contributed by atoms with E-state index in [4.69, 9.17) is 9.84 Å². The van der Waals surface area contributed by atoms with Crippen molar-refractivity contribution >= 4 is 10.9 Å². The first-order chi connectivity index (χ1) is 14.5. The molecule has 2 rings (SSSR count). The minimum absolute atomic E-state index is 0. The van der Waals surface area contributed by atoms with E-state index in [1.807, 2.05) is 0 Å². The maximum absolute atomic E-state index is 13.2. The van der Waals surface area contributed by atoms with Crippen molar-refractivity contribution in [1.82, 2.24) is 0 Å². The highest BCUT2D eigenvalue weighted by molar-refractivity contribution is 7.97. The van der Waals surface area contributed by atoms with Crippen LogP contribution in [0.5, 0.6) is 0 Å². The quantitative estimate of drug-likeness (QED) is 0.156. The Hall–Kier alpha value is -0.670. The molecule has 13 heteroatoms. The Morgan fingerprint density at radius 3 is 2.25 bits per heavy atom. The molecule has 1 aliphatic rings. The average molecular weight is 509 g/mol. The highest BCUT2D eigenvalue weighted by Gasteiger charge is 2.51. The fourth-order valence-electron chi connectivity index (χ4n) is 3.48. The Kier molecular flexibility index (Phi) is 11.7. The second kappa shape index (κ2) is 12.7. The standard InChI is InChI=1S/C19H28F3O8S.ClH/c20-19(21,22)11-4-2-1-3-10(11)7-30-18(17(29)12(25)5-23)14(27)9-31-8-13(26)16(28)15(31)6-24;/h1-4,12-18,23-29H,5-9H2;1H/q+1;/p-1/t12-,13+,14+,15+,16-,17+,18-,31?;/m0./s1. The van der Waals surface area contributed by atoms with Gasteiger partial charge in [-0.1, -0.05) is 18.2 Å². The summed E-state index contributed by atoms with van der Waals surface area (Å²) in [5.41, 5.74) is -1.20. The van der Waals surface area contributed by atoms with E-state index in [0.29, 0.717) is 0 Å². The smallest absolute Gasteiger partial charge is 0.416 e. The molecule has 0 aliphatic carbocycles. The van der Waals surface area contributed by atoms with Crippen molar-refractivity contribution in [2.24, 2.45) is 0 Å². The summed E-state index contributed by atoms with van der Waals surface area (Å²) in [6.07, 6.45) is -13.6. The van der Waals surface area contributed by atoms with Crippen molar-refractivity contribution in [3.05, 3.63) is 35.4 Å². The van der Waals surface area contributed by atoms with Crippen LogP contribution in [0.25, 0.3) is 0 Å². The van der Waals surface area contributed by atoms with Crippen LogP contribution in [0.15, 0.2) is 24.3 Å². The summed E-state index contributed by atoms with van der Waals surface area (Å²) in [5.74, 6) is -0.0775. The molecule has 0 aromatic heterocycles. The molecule has 32 heavy (non-hydrogen) atoms. The molecule has 0 amide bonds. The molecule has 0 spiro atoms. The summed E-state index contributed by atoms with van der Waals surface area (Å²) in [5, 5.41) is 68.3. The molecule has 8 nitrogen and oxygen atoms in total. The SMILES string of the molecule is OC[C@@H]1[C@@H](O)[C@H](O)C[S+]1C[C@@H](O)[C@H](OCc1ccccc1C(F)(F)F)[C@H](O)[C@@H](O)CO.[Cl-]. The molecule has 0 bridgehead atoms. The molecule has 186 valence electrons. The Balaban J connectivity index is 0.00000512. The van der Waals surface area contributed by atoms with Crippen LogP contribution in [0.2, 0.25) is 0 Å². The van der Waals surface area contributed by atoms with Gasteiger partial charge in [0, 0.05) is 10.9 Å². The van der Waals surface area contributed by atoms with Crippen molar-refractivity contribution in [1.29, 1.82) is 0 Å². The number of alkyl halides is 3. The number of aliphatic hydroxyl groups excluding tert-OH is 7. The van der Waals surface area contributed by atoms with Crippen LogP contribution in [0.4, 0.5) is 13.2 Å². The Labute approximate surface area is 192 Å². The molecule has 8 atom stereocenters. The zero-order valence-corrected chi connectivity index (χ0v) is 18.4. The Morgan fingerprint density at radius 2 is 1.69 bits per heavy atom. The molecular formula is C19H28ClF3O8S. The number of rotatable bonds is 10. The van der Waals surface area contributed by atoms with Gasteiger partial charge in [0.25, 0.3) is 0 Å². The van der Waals surface area contributed by atoms with Crippen molar-refractivity contribution in [2.45, 2.75) is 54.7 Å². The van der Waals surface area contributed by atoms with E-state index < -0.39 is 84.3 Å². The van der Waals surface area contributed by atoms with Crippen LogP contribution >= 0.6 is 0 Å². The zero-order valence-electron chi connectivity index (χ0n) is 16.8. The third kappa shape index (κ3) is 7.16. The number of ether oxygens (including phenoxy) is 1. The third-order valence-electron chi connectivity index (χ3n) is 5.20. The number of halogens is 4. The van der Waals surface area contributed by atoms with Crippen molar-refractivity contribution < 1.29 is 66.1 Å². The number of hydrogen-bond acceptors (Lipinski definition) is 8.